The van der Waals surface area contributed by atoms with Crippen molar-refractivity contribution in [3.8, 4) is 0 Å². The van der Waals surface area contributed by atoms with Crippen LogP contribution in [0.25, 0.3) is 0 Å². The molecule has 3 N–H and O–H groups in total. The highest BCUT2D eigenvalue weighted by Crippen LogP contribution is 1.92. The van der Waals surface area contributed by atoms with Gasteiger partial charge in [0.1, 0.15) is 0 Å². The fraction of sp³-hybridized carbons (Fsp3) is 1.00. The van der Waals surface area contributed by atoms with E-state index in [1.54, 1.807) is 0 Å². The van der Waals surface area contributed by atoms with Crippen molar-refractivity contribution in [1.29, 1.82) is 0 Å². The van der Waals surface area contributed by atoms with Gasteiger partial charge in [-0.3, -0.25) is 10.9 Å². The van der Waals surface area contributed by atoms with Gasteiger partial charge in [-0.25, -0.2) is 0 Å². The number of nitrogens with one attached hydrogen (secondary N) is 3. The molecule has 0 unspecified atom stereocenters. The SMILES string of the molecule is CCCCCNNCCCCCNC. The summed E-state index contributed by atoms with van der Waals surface area (Å²) in [5.74, 6) is 0. The third-order valence-electron chi connectivity index (χ3n) is 2.26. The molecule has 3 heteroatoms. The van der Waals surface area contributed by atoms with E-state index in [0.29, 0.717) is 0 Å². The van der Waals surface area contributed by atoms with Gasteiger partial charge in [0.25, 0.3) is 0 Å². The fourth-order valence-corrected chi connectivity index (χ4v) is 1.33. The van der Waals surface area contributed by atoms with Crippen molar-refractivity contribution < 1.29 is 0 Å². The van der Waals surface area contributed by atoms with Gasteiger partial charge in [0, 0.05) is 13.1 Å². The van der Waals surface area contributed by atoms with Crippen LogP contribution in [-0.2, 0) is 0 Å². The van der Waals surface area contributed by atoms with Crippen LogP contribution >= 0.6 is 0 Å². The predicted octanol–water partition coefficient (Wildman–Crippen LogP) is 1.66. The Morgan fingerprint density at radius 3 is 1.86 bits per heavy atom. The lowest BCUT2D eigenvalue weighted by atomic mass is 10.2. The lowest BCUT2D eigenvalue weighted by molar-refractivity contribution is 0.490. The topological polar surface area (TPSA) is 36.1 Å². The van der Waals surface area contributed by atoms with Crippen molar-refractivity contribution in [2.45, 2.75) is 45.4 Å². The molecule has 0 bridgehead atoms. The summed E-state index contributed by atoms with van der Waals surface area (Å²) in [5.41, 5.74) is 6.50. The van der Waals surface area contributed by atoms with Gasteiger partial charge in [0.2, 0.25) is 0 Å². The molecular formula is C11H27N3. The van der Waals surface area contributed by atoms with E-state index in [-0.39, 0.29) is 0 Å². The zero-order valence-electron chi connectivity index (χ0n) is 9.86. The first-order valence-corrected chi connectivity index (χ1v) is 6.02. The number of hydrogen-bond donors (Lipinski definition) is 3. The number of rotatable bonds is 11. The summed E-state index contributed by atoms with van der Waals surface area (Å²) in [6, 6.07) is 0. The van der Waals surface area contributed by atoms with Gasteiger partial charge in [0.15, 0.2) is 0 Å². The molecule has 0 saturated heterocycles. The summed E-state index contributed by atoms with van der Waals surface area (Å²) in [4.78, 5) is 0. The second-order valence-electron chi connectivity index (χ2n) is 3.72. The highest BCUT2D eigenvalue weighted by atomic mass is 15.3. The van der Waals surface area contributed by atoms with Crippen LogP contribution in [0, 0.1) is 0 Å². The Hall–Kier alpha value is -0.120. The van der Waals surface area contributed by atoms with E-state index in [2.05, 4.69) is 23.1 Å². The molecule has 0 atom stereocenters. The molecule has 14 heavy (non-hydrogen) atoms. The van der Waals surface area contributed by atoms with E-state index in [0.717, 1.165) is 19.6 Å². The normalized spacial score (nSPS) is 10.7. The number of unbranched alkanes of at least 4 members (excludes halogenated alkanes) is 4. The van der Waals surface area contributed by atoms with Gasteiger partial charge in [0.05, 0.1) is 0 Å². The zero-order valence-corrected chi connectivity index (χ0v) is 9.86. The largest absolute Gasteiger partial charge is 0.320 e. The van der Waals surface area contributed by atoms with Gasteiger partial charge in [-0.1, -0.05) is 26.2 Å². The average Bonchev–Trinajstić information content (AvgIpc) is 2.21. The van der Waals surface area contributed by atoms with Crippen molar-refractivity contribution in [3.63, 3.8) is 0 Å². The molecule has 0 aromatic heterocycles. The van der Waals surface area contributed by atoms with E-state index < -0.39 is 0 Å². The summed E-state index contributed by atoms with van der Waals surface area (Å²) in [6.07, 6.45) is 7.77. The molecule has 0 fully saturated rings. The smallest absolute Gasteiger partial charge is 0.00997 e. The highest BCUT2D eigenvalue weighted by molar-refractivity contribution is 4.47. The molecule has 0 spiro atoms. The minimum absolute atomic E-state index is 1.09. The molecule has 0 saturated carbocycles. The Labute approximate surface area is 89.0 Å². The van der Waals surface area contributed by atoms with Crippen LogP contribution in [0.15, 0.2) is 0 Å². The molecule has 0 aliphatic carbocycles. The number of hydrazine groups is 1. The first-order chi connectivity index (χ1) is 6.91. The zero-order chi connectivity index (χ0) is 10.5. The molecule has 86 valence electrons. The molecular weight excluding hydrogens is 174 g/mol. The first kappa shape index (κ1) is 13.9. The summed E-state index contributed by atoms with van der Waals surface area (Å²) < 4.78 is 0. The van der Waals surface area contributed by atoms with Gasteiger partial charge in [-0.15, -0.1) is 0 Å². The van der Waals surface area contributed by atoms with Crippen molar-refractivity contribution in [2.24, 2.45) is 0 Å². The molecule has 0 radical (unpaired) electrons. The number of hydrogen-bond acceptors (Lipinski definition) is 3. The van der Waals surface area contributed by atoms with Crippen molar-refractivity contribution >= 4 is 0 Å². The van der Waals surface area contributed by atoms with Crippen molar-refractivity contribution in [3.05, 3.63) is 0 Å². The maximum atomic E-state index is 3.25. The van der Waals surface area contributed by atoms with Crippen LogP contribution in [0.5, 0.6) is 0 Å². The minimum atomic E-state index is 1.09. The van der Waals surface area contributed by atoms with E-state index >= 15 is 0 Å². The Morgan fingerprint density at radius 1 is 0.714 bits per heavy atom. The predicted molar refractivity (Wildman–Crippen MR) is 63.3 cm³/mol. The molecule has 0 amide bonds. The Kier molecular flexibility index (Phi) is 12.8. The summed E-state index contributed by atoms with van der Waals surface area (Å²) in [6.45, 7) is 5.57. The Bertz CT molecular complexity index is 84.5. The second kappa shape index (κ2) is 12.9. The third-order valence-corrected chi connectivity index (χ3v) is 2.26. The van der Waals surface area contributed by atoms with E-state index in [4.69, 9.17) is 0 Å². The lowest BCUT2D eigenvalue weighted by Crippen LogP contribution is -2.33. The van der Waals surface area contributed by atoms with Crippen LogP contribution < -0.4 is 16.2 Å². The lowest BCUT2D eigenvalue weighted by Gasteiger charge is -2.06. The van der Waals surface area contributed by atoms with Gasteiger partial charge < -0.3 is 5.32 Å². The van der Waals surface area contributed by atoms with Crippen LogP contribution in [0.3, 0.4) is 0 Å². The molecule has 0 heterocycles. The van der Waals surface area contributed by atoms with Crippen LogP contribution in [0.2, 0.25) is 0 Å². The fourth-order valence-electron chi connectivity index (χ4n) is 1.33. The summed E-state index contributed by atoms with van der Waals surface area (Å²) in [7, 11) is 2.01. The standard InChI is InChI=1S/C11H27N3/c1-3-4-6-10-13-14-11-8-5-7-9-12-2/h12-14H,3-11H2,1-2H3. The van der Waals surface area contributed by atoms with Gasteiger partial charge >= 0.3 is 0 Å². The maximum absolute atomic E-state index is 3.25. The average molecular weight is 201 g/mol. The molecule has 0 rings (SSSR count). The molecule has 0 aliphatic rings. The van der Waals surface area contributed by atoms with Crippen LogP contribution in [0.4, 0.5) is 0 Å². The van der Waals surface area contributed by atoms with E-state index in [1.165, 1.54) is 38.5 Å². The third kappa shape index (κ3) is 11.9. The Morgan fingerprint density at radius 2 is 1.29 bits per heavy atom. The van der Waals surface area contributed by atoms with Gasteiger partial charge in [-0.05, 0) is 32.9 Å². The quantitative estimate of drug-likeness (QED) is 0.351. The van der Waals surface area contributed by atoms with Crippen molar-refractivity contribution in [2.75, 3.05) is 26.7 Å². The molecule has 3 nitrogen and oxygen atoms in total. The van der Waals surface area contributed by atoms with Crippen molar-refractivity contribution in [1.82, 2.24) is 16.2 Å². The first-order valence-electron chi connectivity index (χ1n) is 6.02. The minimum Gasteiger partial charge on any atom is -0.320 e. The van der Waals surface area contributed by atoms with Crippen LogP contribution in [0.1, 0.15) is 45.4 Å². The van der Waals surface area contributed by atoms with Gasteiger partial charge in [-0.2, -0.15) is 0 Å². The molecule has 0 aliphatic heterocycles. The van der Waals surface area contributed by atoms with E-state index in [1.807, 2.05) is 7.05 Å². The van der Waals surface area contributed by atoms with Crippen LogP contribution in [-0.4, -0.2) is 26.7 Å². The molecule has 0 aromatic carbocycles. The second-order valence-corrected chi connectivity index (χ2v) is 3.72. The molecule has 0 aromatic rings. The Balaban J connectivity index is 2.78. The highest BCUT2D eigenvalue weighted by Gasteiger charge is 1.89. The summed E-state index contributed by atoms with van der Waals surface area (Å²) >= 11 is 0. The van der Waals surface area contributed by atoms with E-state index in [9.17, 15) is 0 Å². The maximum Gasteiger partial charge on any atom is 0.00997 e. The summed E-state index contributed by atoms with van der Waals surface area (Å²) in [5, 5.41) is 3.16. The monoisotopic (exact) mass is 201 g/mol.